The Labute approximate surface area is 588 Å². The van der Waals surface area contributed by atoms with E-state index in [4.69, 9.17) is 5.73 Å². The maximum atomic E-state index is 14.3. The average Bonchev–Trinajstić information content (AvgIpc) is 1.79. The van der Waals surface area contributed by atoms with Crippen LogP contribution in [-0.4, -0.2) is 240 Å². The van der Waals surface area contributed by atoms with E-state index in [1.807, 2.05) is 0 Å². The Kier molecular flexibility index (Phi) is 34.4. The molecule has 19 N–H and O–H groups in total. The molecule has 0 saturated carbocycles. The number of aldehydes is 1. The zero-order valence-corrected chi connectivity index (χ0v) is 58.3. The van der Waals surface area contributed by atoms with Crippen molar-refractivity contribution in [3.63, 3.8) is 0 Å². The number of nitrogens with zero attached hydrogens (tertiary/aromatic N) is 1. The zero-order valence-electron chi connectivity index (χ0n) is 54.1. The molecule has 2 heterocycles. The largest absolute Gasteiger partial charge is 0.508 e. The van der Waals surface area contributed by atoms with Crippen molar-refractivity contribution < 1.29 is 102 Å². The van der Waals surface area contributed by atoms with Crippen molar-refractivity contribution in [3.8, 4) is 11.5 Å². The van der Waals surface area contributed by atoms with Crippen molar-refractivity contribution in [2.24, 2.45) is 5.73 Å². The molecule has 40 heteroatoms. The normalized spacial score (nSPS) is 21.7. The standard InChI is InChI=1S/C59H82N14O21S5/c1-27(47(81)62-30(4)50(84)72-46(31(5)75)57(91)61-23-44(78)66-41(26-98-99-95)54(88)70-40(59(93)94)22-33-10-14-35(77)15-11-33)65-56(90)43-7-6-19-73(43)58(92)38(18-20-74)68-55(89)42-25-97-96-24-36(60)51(85)63-28(2)48(82)67-37(16-17-45(79)80)52(86)69-39(21-32-8-12-34(76)13-9-32)53(87)64-29(3)49(83)71-42/h8-15,20,27-31,36-43,46,75-77,95H,6-7,16-19,21-26,60H2,1-5H3,(H,61,91)(H,62,81)(H,63,85)(H,64,87)(H,65,90)(H,66,78)(H,67,82)(H,68,89)(H,69,86)(H,70,88)(H,71,83)(H,72,84)(H,79,80)(H,93,94)/t27?,28-,29?,30-,31-,36?,37?,38-,39-,40-,41?,42?,43?,46?/m0/s1. The summed E-state index contributed by atoms with van der Waals surface area (Å²) in [7, 11) is 3.85. The number of rotatable bonds is 29. The predicted octanol–water partition coefficient (Wildman–Crippen LogP) is -4.73. The second-order valence-corrected chi connectivity index (χ2v) is 28.7. The zero-order chi connectivity index (χ0) is 73.8. The van der Waals surface area contributed by atoms with Crippen LogP contribution >= 0.6 is 53.9 Å². The number of thiol groups is 1. The van der Waals surface area contributed by atoms with Gasteiger partial charge in [0.1, 0.15) is 90.3 Å². The molecule has 35 nitrogen and oxygen atoms in total. The first-order chi connectivity index (χ1) is 46.7. The van der Waals surface area contributed by atoms with E-state index in [0.717, 1.165) is 54.0 Å². The number of phenols is 2. The fourth-order valence-electron chi connectivity index (χ4n) is 9.44. The highest BCUT2D eigenvalue weighted by Gasteiger charge is 2.41. The number of amides is 13. The van der Waals surface area contributed by atoms with Crippen molar-refractivity contribution in [2.45, 2.75) is 164 Å². The molecule has 2 aliphatic rings. The van der Waals surface area contributed by atoms with Crippen LogP contribution in [0.4, 0.5) is 0 Å². The smallest absolute Gasteiger partial charge is 0.326 e. The van der Waals surface area contributed by atoms with Gasteiger partial charge in [-0.05, 0) is 99.1 Å². The molecule has 0 aromatic heterocycles. The second kappa shape index (κ2) is 41.1. The van der Waals surface area contributed by atoms with E-state index < -0.39 is 199 Å². The van der Waals surface area contributed by atoms with Crippen molar-refractivity contribution in [2.75, 3.05) is 30.3 Å². The van der Waals surface area contributed by atoms with Crippen LogP contribution in [0.2, 0.25) is 0 Å². The van der Waals surface area contributed by atoms with Gasteiger partial charge in [-0.3, -0.25) is 67.1 Å². The van der Waals surface area contributed by atoms with Crippen molar-refractivity contribution in [1.29, 1.82) is 0 Å². The van der Waals surface area contributed by atoms with E-state index in [1.165, 1.54) is 76.2 Å². The van der Waals surface area contributed by atoms with Gasteiger partial charge in [-0.15, -0.1) is 0 Å². The number of phenolic OH excluding ortho intramolecular Hbond substituents is 2. The van der Waals surface area contributed by atoms with Crippen molar-refractivity contribution in [3.05, 3.63) is 59.7 Å². The van der Waals surface area contributed by atoms with Crippen LogP contribution in [-0.2, 0) is 89.6 Å². The lowest BCUT2D eigenvalue weighted by Gasteiger charge is -2.30. The van der Waals surface area contributed by atoms with Crippen LogP contribution in [0, 0.1) is 0 Å². The molecule has 0 aliphatic carbocycles. The first-order valence-electron chi connectivity index (χ1n) is 30.7. The highest BCUT2D eigenvalue weighted by atomic mass is 33.5. The van der Waals surface area contributed by atoms with E-state index in [1.54, 1.807) is 0 Å². The van der Waals surface area contributed by atoms with E-state index >= 15 is 0 Å². The van der Waals surface area contributed by atoms with Crippen LogP contribution in [0.15, 0.2) is 48.5 Å². The molecule has 2 aromatic rings. The monoisotopic (exact) mass is 1480 g/mol. The highest BCUT2D eigenvalue weighted by Crippen LogP contribution is 2.26. The van der Waals surface area contributed by atoms with Gasteiger partial charge < -0.3 is 105 Å². The SMILES string of the molecule is CC(NC(=O)C1CCCN1C(=O)[C@H](CC=O)NC(=O)C1CSSCC(N)C(=O)N[C@@H](C)C(=O)NC(CCC(=O)O)C(=O)N[C@@H](Cc2ccc(O)cc2)C(=O)NC(C)C(=O)N1)C(=O)N[C@@H](C)C(=O)NC(C(=O)NCC(=O)NC(CSSS)C(=O)N[C@@H](Cc1ccc(O)cc1)C(=O)O)[C@H](C)O. The summed E-state index contributed by atoms with van der Waals surface area (Å²) in [5, 5.41) is 78.0. The number of aliphatic carboxylic acids is 2. The number of carboxylic acids is 2. The molecular formula is C59H82N14O21S5. The third kappa shape index (κ3) is 27.6. The van der Waals surface area contributed by atoms with Gasteiger partial charge in [-0.25, -0.2) is 4.79 Å². The lowest BCUT2D eigenvalue weighted by atomic mass is 10.0. The quantitative estimate of drug-likeness (QED) is 0.0207. The maximum absolute atomic E-state index is 14.3. The Morgan fingerprint density at radius 2 is 1.23 bits per heavy atom. The Hall–Kier alpha value is -8.57. The first-order valence-corrected chi connectivity index (χ1v) is 36.6. The summed E-state index contributed by atoms with van der Waals surface area (Å²) in [6.07, 6.45) is -3.21. The third-order valence-electron chi connectivity index (χ3n) is 15.0. The number of carboxylic acid groups (broad SMARTS) is 2. The number of likely N-dealkylation sites (tertiary alicyclic amines) is 1. The maximum Gasteiger partial charge on any atom is 0.326 e. The average molecular weight is 1480 g/mol. The van der Waals surface area contributed by atoms with Gasteiger partial charge in [-0.2, -0.15) is 0 Å². The van der Waals surface area contributed by atoms with Gasteiger partial charge in [0.25, 0.3) is 0 Å². The Morgan fingerprint density at radius 3 is 1.83 bits per heavy atom. The summed E-state index contributed by atoms with van der Waals surface area (Å²) in [4.78, 5) is 214. The number of benzene rings is 2. The number of hydrogen-bond donors (Lipinski definition) is 19. The Morgan fingerprint density at radius 1 is 0.667 bits per heavy atom. The van der Waals surface area contributed by atoms with Gasteiger partial charge in [0.15, 0.2) is 0 Å². The second-order valence-electron chi connectivity index (χ2n) is 22.9. The molecule has 14 atom stereocenters. The molecule has 2 aromatic carbocycles. The number of hydrogen-bond acceptors (Lipinski definition) is 25. The minimum atomic E-state index is -1.73. The number of aliphatic hydroxyl groups excluding tert-OH is 1. The minimum absolute atomic E-state index is 0.0323. The predicted molar refractivity (Wildman–Crippen MR) is 364 cm³/mol. The lowest BCUT2D eigenvalue weighted by molar-refractivity contribution is -0.143. The lowest BCUT2D eigenvalue weighted by Crippen LogP contribution is -2.60. The van der Waals surface area contributed by atoms with Crippen LogP contribution in [0.3, 0.4) is 0 Å². The van der Waals surface area contributed by atoms with Crippen LogP contribution < -0.4 is 69.5 Å². The van der Waals surface area contributed by atoms with Gasteiger partial charge in [-0.1, -0.05) is 68.3 Å². The van der Waals surface area contributed by atoms with E-state index in [2.05, 4.69) is 75.5 Å². The van der Waals surface area contributed by atoms with Crippen LogP contribution in [0.25, 0.3) is 0 Å². The molecule has 2 fully saturated rings. The Balaban J connectivity index is 1.42. The molecular weight excluding hydrogens is 1400 g/mol. The number of carbonyl (C=O) groups is 16. The molecule has 8 unspecified atom stereocenters. The van der Waals surface area contributed by atoms with Crippen LogP contribution in [0.5, 0.6) is 11.5 Å². The molecule has 99 heavy (non-hydrogen) atoms. The third-order valence-corrected chi connectivity index (χ3v) is 19.7. The summed E-state index contributed by atoms with van der Waals surface area (Å²) in [6.45, 7) is 5.22. The van der Waals surface area contributed by atoms with E-state index in [0.29, 0.717) is 17.4 Å². The van der Waals surface area contributed by atoms with Gasteiger partial charge in [0, 0.05) is 49.5 Å². The summed E-state index contributed by atoms with van der Waals surface area (Å²) >= 11 is 4.02. The summed E-state index contributed by atoms with van der Waals surface area (Å²) in [5.41, 5.74) is 6.99. The molecule has 2 saturated heterocycles. The Bertz CT molecular complexity index is 3250. The van der Waals surface area contributed by atoms with Crippen molar-refractivity contribution >= 4 is 149 Å². The molecule has 4 rings (SSSR count). The summed E-state index contributed by atoms with van der Waals surface area (Å²) in [5.74, 6) is -15.9. The fourth-order valence-corrected chi connectivity index (χ4v) is 13.3. The number of nitrogens with one attached hydrogen (secondary N) is 12. The summed E-state index contributed by atoms with van der Waals surface area (Å²) in [6, 6.07) is -8.04. The molecule has 0 spiro atoms. The van der Waals surface area contributed by atoms with Crippen molar-refractivity contribution in [1.82, 2.24) is 68.7 Å². The van der Waals surface area contributed by atoms with Gasteiger partial charge in [0.2, 0.25) is 76.8 Å². The van der Waals surface area contributed by atoms with E-state index in [-0.39, 0.29) is 61.0 Å². The molecule has 544 valence electrons. The summed E-state index contributed by atoms with van der Waals surface area (Å²) < 4.78 is 0. The number of aromatic hydroxyl groups is 2. The molecule has 0 radical (unpaired) electrons. The number of aliphatic hydroxyl groups is 1. The van der Waals surface area contributed by atoms with Gasteiger partial charge >= 0.3 is 11.9 Å². The molecule has 0 bridgehead atoms. The first kappa shape index (κ1) is 82.9. The van der Waals surface area contributed by atoms with Gasteiger partial charge in [0.05, 0.1) is 18.7 Å². The fraction of sp³-hybridized carbons (Fsp3) is 0.525. The number of nitrogens with two attached hydrogens (primary N) is 1. The highest BCUT2D eigenvalue weighted by molar-refractivity contribution is 9.05. The topological polar surface area (TPSA) is 548 Å². The van der Waals surface area contributed by atoms with Crippen LogP contribution in [0.1, 0.15) is 77.8 Å². The minimum Gasteiger partial charge on any atom is -0.508 e. The van der Waals surface area contributed by atoms with E-state index in [9.17, 15) is 102 Å². The molecule has 2 aliphatic heterocycles. The number of carbonyl (C=O) groups excluding carboxylic acids is 14. The molecule has 13 amide bonds.